The Morgan fingerprint density at radius 2 is 2.00 bits per heavy atom. The van der Waals surface area contributed by atoms with E-state index in [4.69, 9.17) is 9.47 Å². The minimum atomic E-state index is -0.225. The predicted octanol–water partition coefficient (Wildman–Crippen LogP) is 2.95. The Bertz CT molecular complexity index is 219. The molecule has 0 amide bonds. The second-order valence-corrected chi connectivity index (χ2v) is 3.96. The van der Waals surface area contributed by atoms with E-state index in [1.54, 1.807) is 0 Å². The zero-order chi connectivity index (χ0) is 12.4. The summed E-state index contributed by atoms with van der Waals surface area (Å²) in [6.45, 7) is 9.56. The maximum absolute atomic E-state index is 11.6. The maximum Gasteiger partial charge on any atom is 0.334 e. The van der Waals surface area contributed by atoms with Crippen molar-refractivity contribution in [3.05, 3.63) is 11.6 Å². The normalized spacial score (nSPS) is 11.9. The summed E-state index contributed by atoms with van der Waals surface area (Å²) in [6, 6.07) is 0. The number of esters is 1. The van der Waals surface area contributed by atoms with Gasteiger partial charge in [0, 0.05) is 12.2 Å². The van der Waals surface area contributed by atoms with E-state index in [0.717, 1.165) is 19.4 Å². The van der Waals surface area contributed by atoms with E-state index in [-0.39, 0.29) is 11.9 Å². The van der Waals surface area contributed by atoms with Gasteiger partial charge in [-0.15, -0.1) is 0 Å². The summed E-state index contributed by atoms with van der Waals surface area (Å²) in [5.74, 6) is -0.0505. The summed E-state index contributed by atoms with van der Waals surface area (Å²) >= 11 is 0. The number of carbonyl (C=O) groups excluding carboxylic acids is 1. The average molecular weight is 228 g/mol. The van der Waals surface area contributed by atoms with Crippen molar-refractivity contribution in [3.8, 4) is 0 Å². The van der Waals surface area contributed by atoms with Crippen LogP contribution in [0.1, 0.15) is 40.5 Å². The van der Waals surface area contributed by atoms with Gasteiger partial charge in [-0.3, -0.25) is 0 Å². The van der Waals surface area contributed by atoms with Crippen LogP contribution in [0.2, 0.25) is 0 Å². The Morgan fingerprint density at radius 1 is 1.31 bits per heavy atom. The molecule has 3 heteroatoms. The lowest BCUT2D eigenvalue weighted by Gasteiger charge is -2.10. The lowest BCUT2D eigenvalue weighted by atomic mass is 10.0. The highest BCUT2D eigenvalue weighted by atomic mass is 16.5. The van der Waals surface area contributed by atoms with Gasteiger partial charge in [-0.25, -0.2) is 4.79 Å². The van der Waals surface area contributed by atoms with Crippen LogP contribution in [0.25, 0.3) is 0 Å². The van der Waals surface area contributed by atoms with Crippen molar-refractivity contribution in [2.24, 2.45) is 5.92 Å². The molecule has 0 aliphatic heterocycles. The van der Waals surface area contributed by atoms with Gasteiger partial charge in [-0.1, -0.05) is 27.2 Å². The van der Waals surface area contributed by atoms with Gasteiger partial charge in [-0.05, 0) is 25.3 Å². The SMILES string of the molecule is CCCCOCC=C(C(=O)OCC)C(C)C. The number of hydrogen-bond donors (Lipinski definition) is 0. The van der Waals surface area contributed by atoms with Crippen LogP contribution in [-0.4, -0.2) is 25.8 Å². The van der Waals surface area contributed by atoms with Gasteiger partial charge in [0.05, 0.1) is 13.2 Å². The molecular formula is C13H24O3. The zero-order valence-corrected chi connectivity index (χ0v) is 10.9. The summed E-state index contributed by atoms with van der Waals surface area (Å²) in [5.41, 5.74) is 0.707. The molecule has 0 aromatic carbocycles. The second-order valence-electron chi connectivity index (χ2n) is 3.96. The van der Waals surface area contributed by atoms with E-state index < -0.39 is 0 Å². The van der Waals surface area contributed by atoms with Gasteiger partial charge in [0.15, 0.2) is 0 Å². The summed E-state index contributed by atoms with van der Waals surface area (Å²) < 4.78 is 10.4. The van der Waals surface area contributed by atoms with Crippen molar-refractivity contribution in [1.82, 2.24) is 0 Å². The number of rotatable bonds is 8. The fourth-order valence-electron chi connectivity index (χ4n) is 1.25. The molecule has 0 saturated carbocycles. The van der Waals surface area contributed by atoms with Gasteiger partial charge in [-0.2, -0.15) is 0 Å². The molecule has 0 radical (unpaired) electrons. The minimum absolute atomic E-state index is 0.175. The van der Waals surface area contributed by atoms with Crippen LogP contribution < -0.4 is 0 Å². The highest BCUT2D eigenvalue weighted by Gasteiger charge is 2.13. The van der Waals surface area contributed by atoms with Crippen molar-refractivity contribution in [1.29, 1.82) is 0 Å². The molecule has 0 aliphatic rings. The van der Waals surface area contributed by atoms with Crippen LogP contribution in [0, 0.1) is 5.92 Å². The molecule has 0 rings (SSSR count). The Labute approximate surface area is 98.8 Å². The van der Waals surface area contributed by atoms with Gasteiger partial charge < -0.3 is 9.47 Å². The molecule has 0 spiro atoms. The topological polar surface area (TPSA) is 35.5 Å². The Balaban J connectivity index is 4.09. The molecule has 0 fully saturated rings. The maximum atomic E-state index is 11.6. The molecular weight excluding hydrogens is 204 g/mol. The van der Waals surface area contributed by atoms with Crippen molar-refractivity contribution in [3.63, 3.8) is 0 Å². The largest absolute Gasteiger partial charge is 0.463 e. The van der Waals surface area contributed by atoms with E-state index in [1.807, 2.05) is 26.8 Å². The standard InChI is InChI=1S/C13H24O3/c1-5-7-9-15-10-8-12(11(3)4)13(14)16-6-2/h8,11H,5-7,9-10H2,1-4H3. The van der Waals surface area contributed by atoms with Crippen molar-refractivity contribution in [2.75, 3.05) is 19.8 Å². The molecule has 0 heterocycles. The van der Waals surface area contributed by atoms with E-state index in [2.05, 4.69) is 6.92 Å². The molecule has 0 N–H and O–H groups in total. The molecule has 0 unspecified atom stereocenters. The van der Waals surface area contributed by atoms with Crippen LogP contribution in [0.4, 0.5) is 0 Å². The van der Waals surface area contributed by atoms with E-state index >= 15 is 0 Å². The predicted molar refractivity (Wildman–Crippen MR) is 65.3 cm³/mol. The molecule has 0 aromatic heterocycles. The molecule has 94 valence electrons. The van der Waals surface area contributed by atoms with Crippen molar-refractivity contribution < 1.29 is 14.3 Å². The van der Waals surface area contributed by atoms with Crippen LogP contribution >= 0.6 is 0 Å². The Morgan fingerprint density at radius 3 is 2.50 bits per heavy atom. The first-order valence-corrected chi connectivity index (χ1v) is 6.08. The molecule has 3 nitrogen and oxygen atoms in total. The lowest BCUT2D eigenvalue weighted by Crippen LogP contribution is -2.13. The summed E-state index contributed by atoms with van der Waals surface area (Å²) in [7, 11) is 0. The van der Waals surface area contributed by atoms with E-state index in [1.165, 1.54) is 0 Å². The number of ether oxygens (including phenoxy) is 2. The molecule has 0 saturated heterocycles. The van der Waals surface area contributed by atoms with Gasteiger partial charge >= 0.3 is 5.97 Å². The van der Waals surface area contributed by atoms with Gasteiger partial charge in [0.25, 0.3) is 0 Å². The third kappa shape index (κ3) is 6.62. The first-order chi connectivity index (χ1) is 7.63. The minimum Gasteiger partial charge on any atom is -0.463 e. The van der Waals surface area contributed by atoms with Crippen LogP contribution in [0.5, 0.6) is 0 Å². The number of unbranched alkanes of at least 4 members (excludes halogenated alkanes) is 1. The third-order valence-electron chi connectivity index (χ3n) is 2.20. The van der Waals surface area contributed by atoms with E-state index in [0.29, 0.717) is 18.8 Å². The summed E-state index contributed by atoms with van der Waals surface area (Å²) in [5, 5.41) is 0. The van der Waals surface area contributed by atoms with Crippen molar-refractivity contribution >= 4 is 5.97 Å². The number of hydrogen-bond acceptors (Lipinski definition) is 3. The third-order valence-corrected chi connectivity index (χ3v) is 2.20. The Hall–Kier alpha value is -0.830. The highest BCUT2D eigenvalue weighted by molar-refractivity contribution is 5.88. The zero-order valence-electron chi connectivity index (χ0n) is 10.9. The van der Waals surface area contributed by atoms with Gasteiger partial charge in [0.1, 0.15) is 0 Å². The lowest BCUT2D eigenvalue weighted by molar-refractivity contribution is -0.139. The van der Waals surface area contributed by atoms with Gasteiger partial charge in [0.2, 0.25) is 0 Å². The highest BCUT2D eigenvalue weighted by Crippen LogP contribution is 2.11. The molecule has 16 heavy (non-hydrogen) atoms. The molecule has 0 atom stereocenters. The van der Waals surface area contributed by atoms with Crippen LogP contribution in [-0.2, 0) is 14.3 Å². The molecule has 0 bridgehead atoms. The monoisotopic (exact) mass is 228 g/mol. The average Bonchev–Trinajstić information content (AvgIpc) is 2.23. The molecule has 0 aromatic rings. The first-order valence-electron chi connectivity index (χ1n) is 6.08. The summed E-state index contributed by atoms with van der Waals surface area (Å²) in [6.07, 6.45) is 4.02. The van der Waals surface area contributed by atoms with E-state index in [9.17, 15) is 4.79 Å². The van der Waals surface area contributed by atoms with Crippen molar-refractivity contribution in [2.45, 2.75) is 40.5 Å². The quantitative estimate of drug-likeness (QED) is 0.364. The number of carbonyl (C=O) groups is 1. The fourth-order valence-corrected chi connectivity index (χ4v) is 1.25. The van der Waals surface area contributed by atoms with Crippen LogP contribution in [0.15, 0.2) is 11.6 Å². The molecule has 0 aliphatic carbocycles. The second kappa shape index (κ2) is 9.40. The van der Waals surface area contributed by atoms with Crippen LogP contribution in [0.3, 0.4) is 0 Å². The fraction of sp³-hybridized carbons (Fsp3) is 0.769. The first kappa shape index (κ1) is 15.2. The smallest absolute Gasteiger partial charge is 0.334 e. The summed E-state index contributed by atoms with van der Waals surface area (Å²) in [4.78, 5) is 11.6. The Kier molecular flexibility index (Phi) is 8.91.